The van der Waals surface area contributed by atoms with Crippen LogP contribution in [0.1, 0.15) is 10.4 Å². The van der Waals surface area contributed by atoms with Gasteiger partial charge in [-0.2, -0.15) is 0 Å². The summed E-state index contributed by atoms with van der Waals surface area (Å²) in [5, 5.41) is 10.5. The third-order valence-corrected chi connectivity index (χ3v) is 4.77. The number of methoxy groups -OCH3 is 1. The molecular formula is C15H14O3S2. The van der Waals surface area contributed by atoms with E-state index in [0.29, 0.717) is 0 Å². The first-order chi connectivity index (χ1) is 9.69. The molecule has 2 aromatic rings. The molecule has 0 bridgehead atoms. The van der Waals surface area contributed by atoms with E-state index in [1.54, 1.807) is 36.3 Å². The number of carboxylic acids is 1. The van der Waals surface area contributed by atoms with E-state index in [1.165, 1.54) is 4.88 Å². The van der Waals surface area contributed by atoms with Gasteiger partial charge >= 0.3 is 5.97 Å². The Balaban J connectivity index is 1.99. The van der Waals surface area contributed by atoms with E-state index in [9.17, 15) is 4.79 Å². The molecular weight excluding hydrogens is 292 g/mol. The number of para-hydroxylation sites is 1. The normalized spacial score (nSPS) is 10.8. The number of aliphatic carboxylic acids is 1. The van der Waals surface area contributed by atoms with Crippen LogP contribution >= 0.6 is 23.1 Å². The predicted octanol–water partition coefficient (Wildman–Crippen LogP) is 4.15. The molecule has 5 heteroatoms. The smallest absolute Gasteiger partial charge is 0.328 e. The predicted molar refractivity (Wildman–Crippen MR) is 83.5 cm³/mol. The van der Waals surface area contributed by atoms with Gasteiger partial charge in [-0.25, -0.2) is 4.79 Å². The van der Waals surface area contributed by atoms with Crippen molar-refractivity contribution in [1.82, 2.24) is 0 Å². The topological polar surface area (TPSA) is 46.5 Å². The minimum absolute atomic E-state index is 0.839. The monoisotopic (exact) mass is 306 g/mol. The van der Waals surface area contributed by atoms with Gasteiger partial charge in [0.15, 0.2) is 0 Å². The largest absolute Gasteiger partial charge is 0.496 e. The fourth-order valence-corrected chi connectivity index (χ4v) is 3.55. The third kappa shape index (κ3) is 4.15. The molecule has 1 aromatic carbocycles. The van der Waals surface area contributed by atoms with Crippen LogP contribution < -0.4 is 4.74 Å². The van der Waals surface area contributed by atoms with E-state index < -0.39 is 5.97 Å². The highest BCUT2D eigenvalue weighted by Gasteiger charge is 2.04. The lowest BCUT2D eigenvalue weighted by atomic mass is 10.3. The highest BCUT2D eigenvalue weighted by Crippen LogP contribution is 2.32. The van der Waals surface area contributed by atoms with Gasteiger partial charge in [0.05, 0.1) is 7.11 Å². The number of rotatable bonds is 6. The van der Waals surface area contributed by atoms with Crippen molar-refractivity contribution in [3.8, 4) is 5.75 Å². The molecule has 2 rings (SSSR count). The van der Waals surface area contributed by atoms with Gasteiger partial charge in [-0.05, 0) is 35.2 Å². The number of hydrogen-bond acceptors (Lipinski definition) is 4. The van der Waals surface area contributed by atoms with E-state index in [4.69, 9.17) is 9.84 Å². The second-order valence-corrected chi connectivity index (χ2v) is 5.97. The molecule has 1 aromatic heterocycles. The van der Waals surface area contributed by atoms with Gasteiger partial charge in [0.25, 0.3) is 0 Å². The van der Waals surface area contributed by atoms with Crippen LogP contribution in [0.15, 0.2) is 46.7 Å². The number of carbonyl (C=O) groups is 1. The fraction of sp³-hybridized carbons (Fsp3) is 0.133. The van der Waals surface area contributed by atoms with Crippen LogP contribution in [0.2, 0.25) is 0 Å². The molecule has 0 amide bonds. The maximum atomic E-state index is 10.5. The van der Waals surface area contributed by atoms with Crippen molar-refractivity contribution in [3.63, 3.8) is 0 Å². The van der Waals surface area contributed by atoms with E-state index in [-0.39, 0.29) is 0 Å². The van der Waals surface area contributed by atoms with Crippen molar-refractivity contribution in [1.29, 1.82) is 0 Å². The lowest BCUT2D eigenvalue weighted by molar-refractivity contribution is -0.131. The molecule has 0 unspecified atom stereocenters. The Morgan fingerprint density at radius 2 is 2.25 bits per heavy atom. The van der Waals surface area contributed by atoms with Crippen LogP contribution in [0.3, 0.4) is 0 Å². The number of carboxylic acid groups (broad SMARTS) is 1. The van der Waals surface area contributed by atoms with Gasteiger partial charge < -0.3 is 9.84 Å². The summed E-state index contributed by atoms with van der Waals surface area (Å²) >= 11 is 3.34. The molecule has 104 valence electrons. The van der Waals surface area contributed by atoms with Crippen molar-refractivity contribution in [2.24, 2.45) is 0 Å². The minimum Gasteiger partial charge on any atom is -0.496 e. The third-order valence-electron chi connectivity index (χ3n) is 2.53. The van der Waals surface area contributed by atoms with Crippen LogP contribution in [0.5, 0.6) is 5.75 Å². The average Bonchev–Trinajstić information content (AvgIpc) is 2.91. The summed E-state index contributed by atoms with van der Waals surface area (Å²) < 4.78 is 5.31. The first-order valence-corrected chi connectivity index (χ1v) is 7.80. The van der Waals surface area contributed by atoms with E-state index in [1.807, 2.05) is 35.7 Å². The van der Waals surface area contributed by atoms with Crippen LogP contribution in [-0.2, 0) is 10.5 Å². The molecule has 20 heavy (non-hydrogen) atoms. The van der Waals surface area contributed by atoms with Crippen LogP contribution in [0.25, 0.3) is 6.08 Å². The Labute approximate surface area is 125 Å². The van der Waals surface area contributed by atoms with Crippen LogP contribution in [0, 0.1) is 0 Å². The Hall–Kier alpha value is -1.72. The number of hydrogen-bond donors (Lipinski definition) is 1. The molecule has 0 spiro atoms. The van der Waals surface area contributed by atoms with Gasteiger partial charge in [0.2, 0.25) is 0 Å². The molecule has 0 saturated heterocycles. The van der Waals surface area contributed by atoms with Crippen LogP contribution in [0.4, 0.5) is 0 Å². The van der Waals surface area contributed by atoms with Gasteiger partial charge in [0.1, 0.15) is 5.75 Å². The second kappa shape index (κ2) is 7.17. The summed E-state index contributed by atoms with van der Waals surface area (Å²) in [7, 11) is 1.67. The van der Waals surface area contributed by atoms with E-state index >= 15 is 0 Å². The quantitative estimate of drug-likeness (QED) is 0.643. The summed E-state index contributed by atoms with van der Waals surface area (Å²) in [6, 6.07) is 9.91. The van der Waals surface area contributed by atoms with Gasteiger partial charge in [0, 0.05) is 21.6 Å². The molecule has 0 atom stereocenters. The maximum absolute atomic E-state index is 10.5. The summed E-state index contributed by atoms with van der Waals surface area (Å²) in [5.41, 5.74) is 0.924. The molecule has 1 N–H and O–H groups in total. The molecule has 0 aliphatic heterocycles. The molecule has 0 aliphatic carbocycles. The van der Waals surface area contributed by atoms with Gasteiger partial charge in [-0.1, -0.05) is 12.1 Å². The zero-order valence-corrected chi connectivity index (χ0v) is 12.5. The lowest BCUT2D eigenvalue weighted by Crippen LogP contribution is -1.85. The number of thiophene rings is 1. The fourth-order valence-electron chi connectivity index (χ4n) is 1.62. The number of benzene rings is 1. The summed E-state index contributed by atoms with van der Waals surface area (Å²) in [6.07, 6.45) is 2.76. The summed E-state index contributed by atoms with van der Waals surface area (Å²) in [6.45, 7) is 0. The lowest BCUT2D eigenvalue weighted by Gasteiger charge is -2.06. The minimum atomic E-state index is -0.929. The number of thioether (sulfide) groups is 1. The first kappa shape index (κ1) is 14.7. The zero-order valence-electron chi connectivity index (χ0n) is 10.9. The van der Waals surface area contributed by atoms with Crippen molar-refractivity contribution < 1.29 is 14.6 Å². The molecule has 0 fully saturated rings. The van der Waals surface area contributed by atoms with Crippen molar-refractivity contribution in [3.05, 3.63) is 52.2 Å². The summed E-state index contributed by atoms with van der Waals surface area (Å²) in [5.74, 6) is 0.785. The highest BCUT2D eigenvalue weighted by atomic mass is 32.2. The Kier molecular flexibility index (Phi) is 5.26. The average molecular weight is 306 g/mol. The standard InChI is InChI=1S/C15H14O3S2/c1-18-13-4-2-3-5-14(13)20-10-12-8-11(9-19-12)6-7-15(16)17/h2-9H,10H2,1H3,(H,16,17). The molecule has 1 heterocycles. The summed E-state index contributed by atoms with van der Waals surface area (Å²) in [4.78, 5) is 12.8. The van der Waals surface area contributed by atoms with Gasteiger partial charge in [-0.3, -0.25) is 0 Å². The Morgan fingerprint density at radius 1 is 1.45 bits per heavy atom. The van der Waals surface area contributed by atoms with Crippen molar-refractivity contribution >= 4 is 35.1 Å². The highest BCUT2D eigenvalue weighted by molar-refractivity contribution is 7.98. The Bertz CT molecular complexity index is 617. The number of ether oxygens (including phenoxy) is 1. The molecule has 3 nitrogen and oxygen atoms in total. The van der Waals surface area contributed by atoms with E-state index in [2.05, 4.69) is 0 Å². The first-order valence-electron chi connectivity index (χ1n) is 5.93. The van der Waals surface area contributed by atoms with Crippen molar-refractivity contribution in [2.75, 3.05) is 7.11 Å². The Morgan fingerprint density at radius 3 is 3.00 bits per heavy atom. The second-order valence-electron chi connectivity index (χ2n) is 3.96. The van der Waals surface area contributed by atoms with Crippen molar-refractivity contribution in [2.45, 2.75) is 10.6 Å². The molecule has 0 radical (unpaired) electrons. The van der Waals surface area contributed by atoms with E-state index in [0.717, 1.165) is 28.0 Å². The molecule has 0 aliphatic rings. The SMILES string of the molecule is COc1ccccc1SCc1cc(C=CC(=O)O)cs1. The zero-order chi connectivity index (χ0) is 14.4. The molecule has 0 saturated carbocycles. The van der Waals surface area contributed by atoms with Crippen LogP contribution in [-0.4, -0.2) is 18.2 Å². The maximum Gasteiger partial charge on any atom is 0.328 e. The van der Waals surface area contributed by atoms with Gasteiger partial charge in [-0.15, -0.1) is 23.1 Å².